The number of nitrogens with zero attached hydrogens (tertiary/aromatic N) is 1. The van der Waals surface area contributed by atoms with Gasteiger partial charge in [-0.3, -0.25) is 0 Å². The molecular weight excluding hydrogens is 458 g/mol. The molecule has 1 aliphatic heterocycles. The van der Waals surface area contributed by atoms with E-state index in [2.05, 4.69) is 129 Å². The van der Waals surface area contributed by atoms with Gasteiger partial charge < -0.3 is 4.90 Å². The van der Waals surface area contributed by atoms with Crippen LogP contribution < -0.4 is 4.90 Å². The molecule has 6 aromatic rings. The monoisotopic (exact) mass is 491 g/mol. The Hall–Kier alpha value is -3.84. The van der Waals surface area contributed by atoms with Crippen molar-refractivity contribution in [2.24, 2.45) is 5.41 Å². The first-order chi connectivity index (χ1) is 18.5. The molecule has 6 aromatic carbocycles. The van der Waals surface area contributed by atoms with Crippen LogP contribution in [0.1, 0.15) is 51.5 Å². The first-order valence-corrected chi connectivity index (χ1v) is 14.1. The molecule has 1 saturated carbocycles. The van der Waals surface area contributed by atoms with Gasteiger partial charge in [-0.2, -0.15) is 0 Å². The molecule has 0 radical (unpaired) electrons. The number of anilines is 2. The number of para-hydroxylation sites is 1. The third-order valence-corrected chi connectivity index (χ3v) is 10.3. The van der Waals surface area contributed by atoms with Gasteiger partial charge in [-0.15, -0.1) is 0 Å². The van der Waals surface area contributed by atoms with Crippen LogP contribution in [-0.2, 0) is 0 Å². The minimum atomic E-state index is 0.0379. The van der Waals surface area contributed by atoms with E-state index in [1.54, 1.807) is 0 Å². The summed E-state index contributed by atoms with van der Waals surface area (Å²) >= 11 is 0. The molecule has 1 heterocycles. The highest BCUT2D eigenvalue weighted by atomic mass is 15.3. The van der Waals surface area contributed by atoms with Crippen LogP contribution in [0.3, 0.4) is 0 Å². The van der Waals surface area contributed by atoms with E-state index in [0.29, 0.717) is 5.92 Å². The molecule has 0 bridgehead atoms. The zero-order valence-corrected chi connectivity index (χ0v) is 22.5. The molecule has 2 atom stereocenters. The second kappa shape index (κ2) is 7.60. The predicted molar refractivity (Wildman–Crippen MR) is 163 cm³/mol. The summed E-state index contributed by atoms with van der Waals surface area (Å²) in [7, 11) is 0. The summed E-state index contributed by atoms with van der Waals surface area (Å²) < 4.78 is 0. The molecule has 38 heavy (non-hydrogen) atoms. The highest BCUT2D eigenvalue weighted by Gasteiger charge is 2.58. The Bertz CT molecular complexity index is 1830. The van der Waals surface area contributed by atoms with Crippen molar-refractivity contribution >= 4 is 43.7 Å². The predicted octanol–water partition coefficient (Wildman–Crippen LogP) is 10.5. The van der Waals surface area contributed by atoms with E-state index >= 15 is 0 Å². The molecule has 2 unspecified atom stereocenters. The van der Waals surface area contributed by atoms with Gasteiger partial charge in [0, 0.05) is 17.3 Å². The average Bonchev–Trinajstić information content (AvgIpc) is 3.21. The first kappa shape index (κ1) is 22.2. The smallest absolute Gasteiger partial charge is 0.0543 e. The molecule has 2 aliphatic rings. The van der Waals surface area contributed by atoms with Crippen LogP contribution in [0.25, 0.3) is 43.4 Å². The number of hydrogen-bond acceptors (Lipinski definition) is 1. The van der Waals surface area contributed by atoms with Crippen molar-refractivity contribution in [2.75, 3.05) is 4.90 Å². The lowest BCUT2D eigenvalue weighted by atomic mass is 9.58. The van der Waals surface area contributed by atoms with Crippen LogP contribution in [0.2, 0.25) is 0 Å². The lowest BCUT2D eigenvalue weighted by molar-refractivity contribution is 0.101. The summed E-state index contributed by atoms with van der Waals surface area (Å²) in [4.78, 5) is 2.68. The number of fused-ring (bicyclic) bond motifs is 3. The molecule has 1 nitrogen and oxygen atoms in total. The van der Waals surface area contributed by atoms with Crippen LogP contribution in [0.15, 0.2) is 103 Å². The van der Waals surface area contributed by atoms with Crippen LogP contribution in [0.5, 0.6) is 0 Å². The summed E-state index contributed by atoms with van der Waals surface area (Å²) in [5.74, 6) is 0.515. The van der Waals surface area contributed by atoms with Crippen molar-refractivity contribution in [2.45, 2.75) is 51.5 Å². The molecule has 0 spiro atoms. The lowest BCUT2D eigenvalue weighted by Gasteiger charge is -2.55. The summed E-state index contributed by atoms with van der Waals surface area (Å²) in [5.41, 5.74) is 7.14. The molecule has 0 saturated heterocycles. The van der Waals surface area contributed by atoms with Gasteiger partial charge in [-0.05, 0) is 98.5 Å². The van der Waals surface area contributed by atoms with Gasteiger partial charge in [0.05, 0.1) is 5.54 Å². The first-order valence-electron chi connectivity index (χ1n) is 14.1. The van der Waals surface area contributed by atoms with E-state index in [4.69, 9.17) is 0 Å². The summed E-state index contributed by atoms with van der Waals surface area (Å²) in [6.07, 6.45) is 3.80. The second-order valence-corrected chi connectivity index (χ2v) is 12.4. The van der Waals surface area contributed by atoms with Crippen molar-refractivity contribution in [3.63, 3.8) is 0 Å². The van der Waals surface area contributed by atoms with E-state index in [9.17, 15) is 0 Å². The molecule has 8 rings (SSSR count). The van der Waals surface area contributed by atoms with Gasteiger partial charge in [-0.25, -0.2) is 0 Å². The number of hydrogen-bond donors (Lipinski definition) is 0. The number of rotatable bonds is 2. The van der Waals surface area contributed by atoms with Crippen molar-refractivity contribution in [3.05, 3.63) is 109 Å². The topological polar surface area (TPSA) is 3.24 Å². The maximum Gasteiger partial charge on any atom is 0.0543 e. The van der Waals surface area contributed by atoms with Crippen molar-refractivity contribution in [1.82, 2.24) is 0 Å². The van der Waals surface area contributed by atoms with E-state index in [0.717, 1.165) is 0 Å². The molecule has 0 aromatic heterocycles. The van der Waals surface area contributed by atoms with Gasteiger partial charge in [0.15, 0.2) is 0 Å². The van der Waals surface area contributed by atoms with Crippen LogP contribution >= 0.6 is 0 Å². The quantitative estimate of drug-likeness (QED) is 0.218. The Morgan fingerprint density at radius 2 is 1.39 bits per heavy atom. The fraction of sp³-hybridized carbons (Fsp3) is 0.243. The van der Waals surface area contributed by atoms with Gasteiger partial charge >= 0.3 is 0 Å². The van der Waals surface area contributed by atoms with Crippen molar-refractivity contribution < 1.29 is 0 Å². The largest absolute Gasteiger partial charge is 0.334 e. The normalized spacial score (nSPS) is 22.3. The van der Waals surface area contributed by atoms with Gasteiger partial charge in [0.2, 0.25) is 0 Å². The second-order valence-electron chi connectivity index (χ2n) is 12.4. The number of benzene rings is 6. The van der Waals surface area contributed by atoms with E-state index in [1.807, 2.05) is 0 Å². The van der Waals surface area contributed by atoms with E-state index < -0.39 is 0 Å². The minimum Gasteiger partial charge on any atom is -0.334 e. The molecule has 0 N–H and O–H groups in total. The maximum atomic E-state index is 2.68. The lowest BCUT2D eigenvalue weighted by Crippen LogP contribution is -2.56. The Labute approximate surface area is 225 Å². The molecule has 0 amide bonds. The zero-order chi connectivity index (χ0) is 25.6. The fourth-order valence-corrected chi connectivity index (χ4v) is 8.10. The SMILES string of the molecule is CC1(C)CCCC2c3cc(-c4ccc5ccc6cccc7ccc4c5c67)ccc3N(c3ccccc3)C21C. The van der Waals surface area contributed by atoms with E-state index in [-0.39, 0.29) is 11.0 Å². The average molecular weight is 492 g/mol. The standard InChI is InChI=1S/C37H33N/c1-36(2)22-8-13-32-31-23-27(18-21-33(31)38(37(32,36)3)28-11-5-4-6-12-28)29-19-16-26-15-14-24-9-7-10-25-17-20-30(29)35(26)34(24)25/h4-7,9-12,14-21,23,32H,8,13,22H2,1-3H3. The van der Waals surface area contributed by atoms with Gasteiger partial charge in [-0.1, -0.05) is 99.1 Å². The molecule has 186 valence electrons. The fourth-order valence-electron chi connectivity index (χ4n) is 8.10. The minimum absolute atomic E-state index is 0.0379. The summed E-state index contributed by atoms with van der Waals surface area (Å²) in [5, 5.41) is 8.12. The Morgan fingerprint density at radius 1 is 0.684 bits per heavy atom. The summed E-state index contributed by atoms with van der Waals surface area (Å²) in [6, 6.07) is 38.9. The van der Waals surface area contributed by atoms with E-state index in [1.165, 1.54) is 79.6 Å². The Balaban J connectivity index is 1.37. The Kier molecular flexibility index (Phi) is 4.44. The van der Waals surface area contributed by atoms with Crippen molar-refractivity contribution in [1.29, 1.82) is 0 Å². The zero-order valence-electron chi connectivity index (χ0n) is 22.5. The van der Waals surface area contributed by atoms with Gasteiger partial charge in [0.1, 0.15) is 0 Å². The molecule has 1 aliphatic carbocycles. The highest BCUT2D eigenvalue weighted by Crippen LogP contribution is 2.63. The van der Waals surface area contributed by atoms with Crippen LogP contribution in [-0.4, -0.2) is 5.54 Å². The Morgan fingerprint density at radius 3 is 2.18 bits per heavy atom. The summed E-state index contributed by atoms with van der Waals surface area (Å²) in [6.45, 7) is 7.51. The molecular formula is C37H33N. The van der Waals surface area contributed by atoms with Crippen molar-refractivity contribution in [3.8, 4) is 11.1 Å². The molecule has 1 fully saturated rings. The van der Waals surface area contributed by atoms with Crippen LogP contribution in [0, 0.1) is 5.41 Å². The third-order valence-electron chi connectivity index (χ3n) is 10.3. The highest BCUT2D eigenvalue weighted by molar-refractivity contribution is 6.25. The van der Waals surface area contributed by atoms with Crippen LogP contribution in [0.4, 0.5) is 11.4 Å². The maximum absolute atomic E-state index is 2.68. The third kappa shape index (κ3) is 2.77. The van der Waals surface area contributed by atoms with Gasteiger partial charge in [0.25, 0.3) is 0 Å². The molecule has 1 heteroatoms.